The van der Waals surface area contributed by atoms with E-state index in [9.17, 15) is 26.7 Å². The fourth-order valence-electron chi connectivity index (χ4n) is 1.94. The van der Waals surface area contributed by atoms with Gasteiger partial charge in [0.05, 0.1) is 5.56 Å². The Kier molecular flexibility index (Phi) is 5.06. The molecule has 0 heterocycles. The molecule has 0 saturated carbocycles. The molecule has 0 spiro atoms. The van der Waals surface area contributed by atoms with E-state index in [1.165, 1.54) is 12.1 Å². The highest BCUT2D eigenvalue weighted by Crippen LogP contribution is 2.30. The van der Waals surface area contributed by atoms with E-state index in [2.05, 4.69) is 10.6 Å². The highest BCUT2D eigenvalue weighted by atomic mass is 19.4. The lowest BCUT2D eigenvalue weighted by molar-refractivity contribution is -0.137. The van der Waals surface area contributed by atoms with Crippen LogP contribution in [-0.2, 0) is 12.7 Å². The van der Waals surface area contributed by atoms with E-state index in [0.717, 1.165) is 18.2 Å². The van der Waals surface area contributed by atoms with E-state index in [1.807, 2.05) is 0 Å². The average molecular weight is 344 g/mol. The largest absolute Gasteiger partial charge is 0.416 e. The third-order valence-corrected chi connectivity index (χ3v) is 3.17. The average Bonchev–Trinajstić information content (AvgIpc) is 2.47. The summed E-state index contributed by atoms with van der Waals surface area (Å²) in [6.45, 7) is 1.24. The zero-order valence-electron chi connectivity index (χ0n) is 12.5. The van der Waals surface area contributed by atoms with Crippen LogP contribution < -0.4 is 10.6 Å². The number of aryl methyl sites for hydroxylation is 1. The Morgan fingerprint density at radius 3 is 2.42 bits per heavy atom. The van der Waals surface area contributed by atoms with E-state index in [0.29, 0.717) is 11.6 Å². The molecule has 2 N–H and O–H groups in total. The molecule has 2 rings (SSSR count). The molecule has 0 radical (unpaired) electrons. The maximum absolute atomic E-state index is 13.4. The Morgan fingerprint density at radius 1 is 1.08 bits per heavy atom. The van der Waals surface area contributed by atoms with Gasteiger partial charge in [-0.2, -0.15) is 13.2 Å². The molecule has 0 aliphatic heterocycles. The highest BCUT2D eigenvalue weighted by molar-refractivity contribution is 5.89. The molecule has 3 nitrogen and oxygen atoms in total. The van der Waals surface area contributed by atoms with Crippen LogP contribution in [0.25, 0.3) is 0 Å². The van der Waals surface area contributed by atoms with Gasteiger partial charge in [-0.05, 0) is 48.4 Å². The van der Waals surface area contributed by atoms with Crippen molar-refractivity contribution in [2.24, 2.45) is 0 Å². The third kappa shape index (κ3) is 4.68. The predicted octanol–water partition coefficient (Wildman–Crippen LogP) is 4.61. The van der Waals surface area contributed by atoms with Crippen molar-refractivity contribution in [3.05, 3.63) is 64.7 Å². The zero-order chi connectivity index (χ0) is 17.9. The van der Waals surface area contributed by atoms with Crippen molar-refractivity contribution in [1.82, 2.24) is 5.32 Å². The smallest absolute Gasteiger partial charge is 0.334 e. The number of carbonyl (C=O) groups excluding carboxylic acids is 1. The normalized spacial score (nSPS) is 11.2. The molecule has 0 saturated heterocycles. The second-order valence-electron chi connectivity index (χ2n) is 5.12. The number of hydrogen-bond acceptors (Lipinski definition) is 1. The summed E-state index contributed by atoms with van der Waals surface area (Å²) in [5, 5.41) is 4.61. The van der Waals surface area contributed by atoms with Crippen molar-refractivity contribution in [3.8, 4) is 0 Å². The van der Waals surface area contributed by atoms with Crippen LogP contribution in [0.2, 0.25) is 0 Å². The van der Waals surface area contributed by atoms with Crippen LogP contribution in [0.15, 0.2) is 36.4 Å². The molecule has 0 atom stereocenters. The van der Waals surface area contributed by atoms with Gasteiger partial charge in [-0.25, -0.2) is 13.6 Å². The molecule has 0 aliphatic rings. The third-order valence-electron chi connectivity index (χ3n) is 3.17. The van der Waals surface area contributed by atoms with Crippen LogP contribution in [0, 0.1) is 18.6 Å². The number of nitrogens with one attached hydrogen (secondary N) is 2. The van der Waals surface area contributed by atoms with E-state index in [4.69, 9.17) is 0 Å². The lowest BCUT2D eigenvalue weighted by Gasteiger charge is -2.11. The summed E-state index contributed by atoms with van der Waals surface area (Å²) in [5.74, 6) is -1.56. The lowest BCUT2D eigenvalue weighted by atomic mass is 10.1. The van der Waals surface area contributed by atoms with Gasteiger partial charge in [-0.15, -0.1) is 0 Å². The second-order valence-corrected chi connectivity index (χ2v) is 5.12. The molecular weight excluding hydrogens is 331 g/mol. The van der Waals surface area contributed by atoms with Gasteiger partial charge in [0.15, 0.2) is 0 Å². The Bertz CT molecular complexity index is 759. The first-order valence-electron chi connectivity index (χ1n) is 6.83. The first-order chi connectivity index (χ1) is 11.1. The monoisotopic (exact) mass is 344 g/mol. The molecule has 0 unspecified atom stereocenters. The van der Waals surface area contributed by atoms with Crippen molar-refractivity contribution in [2.75, 3.05) is 5.32 Å². The topological polar surface area (TPSA) is 41.1 Å². The molecular formula is C16H13F5N2O. The van der Waals surface area contributed by atoms with Gasteiger partial charge >= 0.3 is 12.2 Å². The van der Waals surface area contributed by atoms with Crippen molar-refractivity contribution in [1.29, 1.82) is 0 Å². The van der Waals surface area contributed by atoms with E-state index in [-0.39, 0.29) is 17.8 Å². The van der Waals surface area contributed by atoms with Crippen LogP contribution in [0.3, 0.4) is 0 Å². The molecule has 0 aromatic heterocycles. The number of alkyl halides is 3. The highest BCUT2D eigenvalue weighted by Gasteiger charge is 2.31. The van der Waals surface area contributed by atoms with Gasteiger partial charge in [0.2, 0.25) is 0 Å². The van der Waals surface area contributed by atoms with Gasteiger partial charge in [0, 0.05) is 12.2 Å². The Hall–Kier alpha value is -2.64. The SMILES string of the molecule is Cc1ccc(NC(=O)NCc2cc(F)cc(C(F)(F)F)c2)cc1F. The van der Waals surface area contributed by atoms with E-state index >= 15 is 0 Å². The van der Waals surface area contributed by atoms with Crippen LogP contribution in [0.4, 0.5) is 32.4 Å². The van der Waals surface area contributed by atoms with Crippen molar-refractivity contribution >= 4 is 11.7 Å². The van der Waals surface area contributed by atoms with Crippen LogP contribution in [0.1, 0.15) is 16.7 Å². The second kappa shape index (κ2) is 6.86. The van der Waals surface area contributed by atoms with Crippen LogP contribution in [0.5, 0.6) is 0 Å². The summed E-state index contributed by atoms with van der Waals surface area (Å²) < 4.78 is 64.4. The molecule has 2 aromatic carbocycles. The number of anilines is 1. The standard InChI is InChI=1S/C16H13F5N2O/c1-9-2-3-13(7-14(9)18)23-15(24)22-8-10-4-11(16(19,20)21)6-12(17)5-10/h2-7H,8H2,1H3,(H2,22,23,24). The summed E-state index contributed by atoms with van der Waals surface area (Å²) in [6, 6.07) is 5.30. The molecule has 8 heteroatoms. The van der Waals surface area contributed by atoms with Gasteiger partial charge in [0.1, 0.15) is 11.6 Å². The number of halogens is 5. The Morgan fingerprint density at radius 2 is 1.79 bits per heavy atom. The molecule has 0 aliphatic carbocycles. The Labute approximate surface area is 134 Å². The first kappa shape index (κ1) is 17.7. The number of hydrogen-bond donors (Lipinski definition) is 2. The van der Waals surface area contributed by atoms with E-state index in [1.54, 1.807) is 6.92 Å². The summed E-state index contributed by atoms with van der Waals surface area (Å²) in [4.78, 5) is 11.7. The lowest BCUT2D eigenvalue weighted by Crippen LogP contribution is -2.28. The van der Waals surface area contributed by atoms with Gasteiger partial charge < -0.3 is 10.6 Å². The maximum atomic E-state index is 13.4. The number of rotatable bonds is 3. The minimum atomic E-state index is -4.68. The minimum absolute atomic E-state index is 0.0486. The molecule has 24 heavy (non-hydrogen) atoms. The summed E-state index contributed by atoms with van der Waals surface area (Å²) in [6.07, 6.45) is -4.68. The first-order valence-corrected chi connectivity index (χ1v) is 6.83. The summed E-state index contributed by atoms with van der Waals surface area (Å²) in [7, 11) is 0. The summed E-state index contributed by atoms with van der Waals surface area (Å²) >= 11 is 0. The number of urea groups is 1. The fraction of sp³-hybridized carbons (Fsp3) is 0.188. The maximum Gasteiger partial charge on any atom is 0.416 e. The number of amides is 2. The Balaban J connectivity index is 2.01. The number of benzene rings is 2. The van der Waals surface area contributed by atoms with Crippen molar-refractivity contribution in [2.45, 2.75) is 19.6 Å². The van der Waals surface area contributed by atoms with Crippen LogP contribution >= 0.6 is 0 Å². The van der Waals surface area contributed by atoms with Crippen molar-refractivity contribution in [3.63, 3.8) is 0 Å². The van der Waals surface area contributed by atoms with Gasteiger partial charge in [0.25, 0.3) is 0 Å². The number of carbonyl (C=O) groups is 1. The molecule has 128 valence electrons. The van der Waals surface area contributed by atoms with Gasteiger partial charge in [-0.3, -0.25) is 0 Å². The zero-order valence-corrected chi connectivity index (χ0v) is 12.5. The molecule has 2 amide bonds. The van der Waals surface area contributed by atoms with Gasteiger partial charge in [-0.1, -0.05) is 6.07 Å². The molecule has 0 fully saturated rings. The quantitative estimate of drug-likeness (QED) is 0.784. The minimum Gasteiger partial charge on any atom is -0.334 e. The molecule has 2 aromatic rings. The summed E-state index contributed by atoms with van der Waals surface area (Å²) in [5.41, 5.74) is -0.598. The predicted molar refractivity (Wildman–Crippen MR) is 78.4 cm³/mol. The van der Waals surface area contributed by atoms with Crippen LogP contribution in [-0.4, -0.2) is 6.03 Å². The molecule has 0 bridgehead atoms. The van der Waals surface area contributed by atoms with E-state index < -0.39 is 29.4 Å². The van der Waals surface area contributed by atoms with Crippen molar-refractivity contribution < 1.29 is 26.7 Å². The fourth-order valence-corrected chi connectivity index (χ4v) is 1.94.